The number of hydrogen-bond donors (Lipinski definition) is 1. The molecule has 0 spiro atoms. The molecule has 1 amide bonds. The molecule has 1 aliphatic heterocycles. The molecule has 3 aromatic rings. The molecule has 0 fully saturated rings. The molecule has 6 heteroatoms. The fraction of sp³-hybridized carbons (Fsp3) is 0.273. The first kappa shape index (κ1) is 17.9. The predicted octanol–water partition coefficient (Wildman–Crippen LogP) is 3.67. The normalized spacial score (nSPS) is 13.3. The maximum Gasteiger partial charge on any atom is 0.254 e. The number of aromatic nitrogens is 3. The van der Waals surface area contributed by atoms with Gasteiger partial charge in [-0.25, -0.2) is 0 Å². The molecule has 0 saturated heterocycles. The first-order chi connectivity index (χ1) is 13.6. The Labute approximate surface area is 163 Å². The van der Waals surface area contributed by atoms with E-state index < -0.39 is 0 Å². The first-order valence-electron chi connectivity index (χ1n) is 9.38. The number of rotatable bonds is 3. The number of hydrogen-bond acceptors (Lipinski definition) is 4. The summed E-state index contributed by atoms with van der Waals surface area (Å²) < 4.78 is 0. The third kappa shape index (κ3) is 3.27. The smallest absolute Gasteiger partial charge is 0.254 e. The summed E-state index contributed by atoms with van der Waals surface area (Å²) >= 11 is 0. The topological polar surface area (TPSA) is 85.7 Å². The number of carbonyl (C=O) groups is 1. The molecular formula is C22H21N5O. The third-order valence-electron chi connectivity index (χ3n) is 5.12. The summed E-state index contributed by atoms with van der Waals surface area (Å²) in [4.78, 5) is 19.4. The number of nitrogens with one attached hydrogen (secondary N) is 1. The Balaban J connectivity index is 1.59. The molecule has 0 radical (unpaired) electrons. The fourth-order valence-corrected chi connectivity index (χ4v) is 3.45. The van der Waals surface area contributed by atoms with Gasteiger partial charge in [0, 0.05) is 47.6 Å². The van der Waals surface area contributed by atoms with Crippen molar-refractivity contribution < 1.29 is 4.79 Å². The van der Waals surface area contributed by atoms with Gasteiger partial charge in [0.15, 0.2) is 0 Å². The van der Waals surface area contributed by atoms with Gasteiger partial charge in [0.05, 0.1) is 17.5 Å². The number of carbonyl (C=O) groups excluding carboxylic acids is 1. The summed E-state index contributed by atoms with van der Waals surface area (Å²) in [6, 6.07) is 13.3. The Morgan fingerprint density at radius 3 is 2.71 bits per heavy atom. The van der Waals surface area contributed by atoms with Crippen molar-refractivity contribution in [2.75, 3.05) is 6.54 Å². The highest BCUT2D eigenvalue weighted by Crippen LogP contribution is 2.25. The first-order valence-corrected chi connectivity index (χ1v) is 9.38. The van der Waals surface area contributed by atoms with Gasteiger partial charge in [0.1, 0.15) is 6.07 Å². The lowest BCUT2D eigenvalue weighted by Gasteiger charge is -2.26. The van der Waals surface area contributed by atoms with Crippen LogP contribution in [0.25, 0.3) is 11.3 Å². The van der Waals surface area contributed by atoms with E-state index in [2.05, 4.69) is 35.1 Å². The molecule has 140 valence electrons. The number of fused-ring (bicyclic) bond motifs is 1. The van der Waals surface area contributed by atoms with Gasteiger partial charge >= 0.3 is 0 Å². The molecule has 0 bridgehead atoms. The average molecular weight is 371 g/mol. The van der Waals surface area contributed by atoms with Crippen molar-refractivity contribution in [3.8, 4) is 17.3 Å². The number of pyridine rings is 1. The van der Waals surface area contributed by atoms with Gasteiger partial charge in [-0.3, -0.25) is 14.9 Å². The van der Waals surface area contributed by atoms with Crippen LogP contribution in [0, 0.1) is 11.3 Å². The zero-order valence-electron chi connectivity index (χ0n) is 15.9. The van der Waals surface area contributed by atoms with Crippen molar-refractivity contribution in [2.45, 2.75) is 32.7 Å². The van der Waals surface area contributed by atoms with E-state index >= 15 is 0 Å². The van der Waals surface area contributed by atoms with Crippen LogP contribution < -0.4 is 0 Å². The van der Waals surface area contributed by atoms with Crippen LogP contribution in [-0.4, -0.2) is 32.5 Å². The number of H-pyrrole nitrogens is 1. The molecule has 0 saturated carbocycles. The van der Waals surface area contributed by atoms with E-state index in [1.807, 2.05) is 41.3 Å². The van der Waals surface area contributed by atoms with E-state index in [1.165, 1.54) is 0 Å². The second-order valence-corrected chi connectivity index (χ2v) is 7.33. The van der Waals surface area contributed by atoms with E-state index in [0.29, 0.717) is 29.9 Å². The summed E-state index contributed by atoms with van der Waals surface area (Å²) in [5.41, 5.74) is 5.80. The van der Waals surface area contributed by atoms with Gasteiger partial charge in [-0.1, -0.05) is 26.0 Å². The highest BCUT2D eigenvalue weighted by Gasteiger charge is 2.23. The maximum absolute atomic E-state index is 12.9. The maximum atomic E-state index is 12.9. The van der Waals surface area contributed by atoms with Crippen molar-refractivity contribution in [3.05, 3.63) is 70.7 Å². The van der Waals surface area contributed by atoms with Crippen molar-refractivity contribution in [3.63, 3.8) is 0 Å². The molecule has 0 atom stereocenters. The van der Waals surface area contributed by atoms with Crippen LogP contribution in [0.5, 0.6) is 0 Å². The summed E-state index contributed by atoms with van der Waals surface area (Å²) in [5, 5.41) is 16.5. The SMILES string of the molecule is CC(C)c1ccc(C#N)c(-c2ccc(C(=O)N3CCc4[nH]ncc4C3)cc2)n1. The highest BCUT2D eigenvalue weighted by atomic mass is 16.2. The van der Waals surface area contributed by atoms with Crippen LogP contribution in [0.15, 0.2) is 42.6 Å². The van der Waals surface area contributed by atoms with E-state index in [9.17, 15) is 10.1 Å². The predicted molar refractivity (Wildman–Crippen MR) is 106 cm³/mol. The Bertz CT molecular complexity index is 1060. The quantitative estimate of drug-likeness (QED) is 0.761. The molecule has 6 nitrogen and oxygen atoms in total. The summed E-state index contributed by atoms with van der Waals surface area (Å²) in [5.74, 6) is 0.280. The van der Waals surface area contributed by atoms with Crippen LogP contribution >= 0.6 is 0 Å². The van der Waals surface area contributed by atoms with Gasteiger partial charge in [0.2, 0.25) is 0 Å². The minimum Gasteiger partial charge on any atom is -0.334 e. The molecule has 1 aliphatic rings. The summed E-state index contributed by atoms with van der Waals surface area (Å²) in [6.07, 6.45) is 2.57. The zero-order chi connectivity index (χ0) is 19.7. The van der Waals surface area contributed by atoms with Gasteiger partial charge in [0.25, 0.3) is 5.91 Å². The monoisotopic (exact) mass is 371 g/mol. The number of nitriles is 1. The van der Waals surface area contributed by atoms with E-state index in [4.69, 9.17) is 0 Å². The lowest BCUT2D eigenvalue weighted by molar-refractivity contribution is 0.0734. The number of aromatic amines is 1. The second kappa shape index (κ2) is 7.28. The van der Waals surface area contributed by atoms with Gasteiger partial charge < -0.3 is 4.90 Å². The minimum absolute atomic E-state index is 0.00259. The average Bonchev–Trinajstić information content (AvgIpc) is 3.20. The highest BCUT2D eigenvalue weighted by molar-refractivity contribution is 5.94. The van der Waals surface area contributed by atoms with Crippen molar-refractivity contribution >= 4 is 5.91 Å². The second-order valence-electron chi connectivity index (χ2n) is 7.33. The van der Waals surface area contributed by atoms with E-state index in [0.717, 1.165) is 28.9 Å². The molecule has 28 heavy (non-hydrogen) atoms. The van der Waals surface area contributed by atoms with Crippen LogP contribution in [0.4, 0.5) is 0 Å². The molecule has 2 aromatic heterocycles. The van der Waals surface area contributed by atoms with Crippen molar-refractivity contribution in [1.29, 1.82) is 5.26 Å². The zero-order valence-corrected chi connectivity index (χ0v) is 15.9. The lowest BCUT2D eigenvalue weighted by atomic mass is 10.0. The Morgan fingerprint density at radius 1 is 1.21 bits per heavy atom. The summed E-state index contributed by atoms with van der Waals surface area (Å²) in [7, 11) is 0. The van der Waals surface area contributed by atoms with Crippen molar-refractivity contribution in [1.82, 2.24) is 20.1 Å². The number of benzene rings is 1. The minimum atomic E-state index is 0.00259. The molecule has 0 aliphatic carbocycles. The van der Waals surface area contributed by atoms with E-state index in [-0.39, 0.29) is 11.8 Å². The van der Waals surface area contributed by atoms with Gasteiger partial charge in [-0.15, -0.1) is 0 Å². The molecule has 1 aromatic carbocycles. The number of nitrogens with zero attached hydrogens (tertiary/aromatic N) is 4. The molecule has 0 unspecified atom stereocenters. The largest absolute Gasteiger partial charge is 0.334 e. The Morgan fingerprint density at radius 2 is 2.00 bits per heavy atom. The molecule has 1 N–H and O–H groups in total. The van der Waals surface area contributed by atoms with Crippen LogP contribution in [0.1, 0.15) is 52.6 Å². The van der Waals surface area contributed by atoms with Gasteiger partial charge in [-0.05, 0) is 30.2 Å². The Kier molecular flexibility index (Phi) is 4.66. The van der Waals surface area contributed by atoms with Crippen LogP contribution in [0.2, 0.25) is 0 Å². The molecular weight excluding hydrogens is 350 g/mol. The third-order valence-corrected chi connectivity index (χ3v) is 5.12. The summed E-state index contributed by atoms with van der Waals surface area (Å²) in [6.45, 7) is 5.39. The van der Waals surface area contributed by atoms with E-state index in [1.54, 1.807) is 6.20 Å². The number of amides is 1. The molecule has 4 rings (SSSR count). The molecule has 3 heterocycles. The van der Waals surface area contributed by atoms with Gasteiger partial charge in [-0.2, -0.15) is 10.4 Å². The lowest BCUT2D eigenvalue weighted by Crippen LogP contribution is -2.35. The Hall–Kier alpha value is -3.46. The fourth-order valence-electron chi connectivity index (χ4n) is 3.45. The van der Waals surface area contributed by atoms with Crippen LogP contribution in [-0.2, 0) is 13.0 Å². The van der Waals surface area contributed by atoms with Crippen molar-refractivity contribution in [2.24, 2.45) is 0 Å². The standard InChI is InChI=1S/C22H21N5O/c1-14(2)19-8-7-17(11-23)21(25-19)15-3-5-16(6-4-15)22(28)27-10-9-20-18(13-27)12-24-26-20/h3-8,12,14H,9-10,13H2,1-2H3,(H,24,26). The van der Waals surface area contributed by atoms with Crippen LogP contribution in [0.3, 0.4) is 0 Å².